The summed E-state index contributed by atoms with van der Waals surface area (Å²) in [5.41, 5.74) is 5.92. The highest BCUT2D eigenvalue weighted by atomic mass is 79.9. The molecule has 2 saturated heterocycles. The number of fused-ring (bicyclic) bond motifs is 5. The zero-order valence-corrected chi connectivity index (χ0v) is 52.9. The quantitative estimate of drug-likeness (QED) is 0.0268. The maximum Gasteiger partial charge on any atom is 0.412 e. The van der Waals surface area contributed by atoms with Crippen LogP contribution in [0.2, 0.25) is 10.0 Å². The third-order valence-electron chi connectivity index (χ3n) is 15.8. The summed E-state index contributed by atoms with van der Waals surface area (Å²) in [6, 6.07) is 6.59. The van der Waals surface area contributed by atoms with Crippen molar-refractivity contribution in [3.63, 3.8) is 0 Å². The molecule has 2 aromatic rings. The molecular weight excluding hydrogens is 1230 g/mol. The number of hydrogen-bond acceptors (Lipinski definition) is 13. The summed E-state index contributed by atoms with van der Waals surface area (Å²) in [6.45, 7) is 11.1. The van der Waals surface area contributed by atoms with Crippen LogP contribution in [0, 0.1) is 30.6 Å². The van der Waals surface area contributed by atoms with Crippen LogP contribution < -0.4 is 26.6 Å². The fraction of sp³-hybridized carbons (Fsp3) is 0.600. The monoisotopic (exact) mass is 1310 g/mol. The van der Waals surface area contributed by atoms with Gasteiger partial charge in [0.15, 0.2) is 5.78 Å². The number of epoxide rings is 1. The second kappa shape index (κ2) is 31.4. The lowest BCUT2D eigenvalue weighted by atomic mass is 9.78. The summed E-state index contributed by atoms with van der Waals surface area (Å²) in [4.78, 5) is 108. The fourth-order valence-corrected chi connectivity index (χ4v) is 13.0. The number of hydrogen-bond donors (Lipinski definition) is 5. The van der Waals surface area contributed by atoms with Crippen molar-refractivity contribution in [3.8, 4) is 0 Å². The first-order valence-corrected chi connectivity index (χ1v) is 31.0. The van der Waals surface area contributed by atoms with Gasteiger partial charge in [0, 0.05) is 81.2 Å². The molecule has 2 fully saturated rings. The normalized spacial score (nSPS) is 24.7. The summed E-state index contributed by atoms with van der Waals surface area (Å²) in [7, 11) is 3.04. The molecule has 452 valence electrons. The van der Waals surface area contributed by atoms with E-state index in [0.717, 1.165) is 36.0 Å². The van der Waals surface area contributed by atoms with E-state index in [1.54, 1.807) is 39.1 Å². The molecular formula is C60H81Br2Cl2N5O13. The number of benzene rings is 2. The number of aryl methyl sites for hydroxylation is 1. The van der Waals surface area contributed by atoms with E-state index >= 15 is 0 Å². The molecule has 2 aromatic carbocycles. The van der Waals surface area contributed by atoms with Crippen molar-refractivity contribution >= 4 is 114 Å². The van der Waals surface area contributed by atoms with E-state index in [9.17, 15) is 43.5 Å². The van der Waals surface area contributed by atoms with E-state index in [2.05, 4.69) is 47.8 Å². The average molecular weight is 1310 g/mol. The summed E-state index contributed by atoms with van der Waals surface area (Å²) in [6.07, 6.45) is 4.53. The number of halogens is 4. The number of ketones is 3. The number of nitrogens with one attached hydrogen (secondary N) is 3. The molecule has 4 bridgehead atoms. The summed E-state index contributed by atoms with van der Waals surface area (Å²) in [5, 5.41) is 21.7. The van der Waals surface area contributed by atoms with E-state index in [1.807, 2.05) is 45.9 Å². The van der Waals surface area contributed by atoms with Crippen LogP contribution in [-0.4, -0.2) is 125 Å². The summed E-state index contributed by atoms with van der Waals surface area (Å²) in [5.74, 6) is -3.34. The number of amides is 5. The Balaban J connectivity index is 1.30. The van der Waals surface area contributed by atoms with Gasteiger partial charge in [-0.2, -0.15) is 0 Å². The molecule has 3 aliphatic heterocycles. The van der Waals surface area contributed by atoms with Crippen LogP contribution in [0.15, 0.2) is 54.1 Å². The predicted octanol–water partition coefficient (Wildman–Crippen LogP) is 10.2. The Kier molecular flexibility index (Phi) is 26.1. The van der Waals surface area contributed by atoms with Crippen LogP contribution in [0.5, 0.6) is 0 Å². The number of methoxy groups -OCH3 is 1. The second-order valence-corrected chi connectivity index (χ2v) is 24.8. The molecule has 0 unspecified atom stereocenters. The fourth-order valence-electron chi connectivity index (χ4n) is 10.7. The number of esters is 1. The number of rotatable bonds is 25. The Morgan fingerprint density at radius 1 is 0.976 bits per heavy atom. The smallest absolute Gasteiger partial charge is 0.412 e. The molecule has 18 nitrogen and oxygen atoms in total. The van der Waals surface area contributed by atoms with Crippen LogP contribution in [0.3, 0.4) is 0 Å². The van der Waals surface area contributed by atoms with Gasteiger partial charge in [-0.1, -0.05) is 125 Å². The van der Waals surface area contributed by atoms with E-state index in [0.29, 0.717) is 52.6 Å². The number of urea groups is 1. The number of nitrogens with zero attached hydrogens (tertiary/aromatic N) is 1. The topological polar surface area (TPSA) is 262 Å². The second-order valence-electron chi connectivity index (χ2n) is 22.7. The number of allylic oxidation sites excluding steroid dienone is 3. The number of Topliss-reactive ketones (excluding diaryl/α,β-unsaturated/α-hetero) is 3. The van der Waals surface area contributed by atoms with Gasteiger partial charge in [0.1, 0.15) is 41.1 Å². The lowest BCUT2D eigenvalue weighted by molar-refractivity contribution is -0.187. The van der Waals surface area contributed by atoms with E-state index in [4.69, 9.17) is 47.9 Å². The van der Waals surface area contributed by atoms with E-state index in [-0.39, 0.29) is 91.4 Å². The first kappa shape index (κ1) is 68.1. The van der Waals surface area contributed by atoms with E-state index < -0.39 is 83.4 Å². The van der Waals surface area contributed by atoms with Gasteiger partial charge in [-0.3, -0.25) is 34.1 Å². The first-order valence-electron chi connectivity index (χ1n) is 28.0. The molecule has 0 aromatic heterocycles. The Morgan fingerprint density at radius 3 is 2.32 bits per heavy atom. The number of aliphatic hydroxyl groups is 1. The molecule has 3 aliphatic rings. The zero-order valence-electron chi connectivity index (χ0n) is 48.2. The molecule has 9 atom stereocenters. The number of alkyl halides is 2. The Labute approximate surface area is 508 Å². The Morgan fingerprint density at radius 2 is 1.67 bits per heavy atom. The molecule has 6 N–H and O–H groups in total. The minimum atomic E-state index is -1.63. The molecule has 5 rings (SSSR count). The molecule has 82 heavy (non-hydrogen) atoms. The minimum Gasteiger partial charge on any atom is -0.462 e. The number of anilines is 2. The third-order valence-corrected chi connectivity index (χ3v) is 18.2. The van der Waals surface area contributed by atoms with Gasteiger partial charge in [0.25, 0.3) is 0 Å². The standard InChI is InChI=1S/C60H81Br2Cl2N5O13/c1-34(2)42(28-41(70)16-11-9-10-12-18-47(71)40(32-61)33-62)56(75)67-45(17-14-22-66-57(65)76)48(72)27-38-20-21-44(43(63)25-38)68-58(77)81-51-29-52(73)69(7)46-26-39(24-36(4)54(46)64)23-35(3)15-13-19-50(79-8)60(78)30-49(80-53(74)31-60)37(5)55-59(51,6)82-55/h13,15,19-21,24-26,34,37,40,42,45,49-51,55,78H,9-12,14,16-18,22-23,27-33H2,1-8H3,(H,67,75)(H,68,77)(H3,65,66,76)/b19-13+,35-15+/t37-,42+,45+,49+,50-,51+,55+,59+,60-/m1/s1. The molecule has 0 spiro atoms. The molecule has 22 heteroatoms. The molecule has 0 radical (unpaired) electrons. The van der Waals surface area contributed by atoms with Gasteiger partial charge >= 0.3 is 18.1 Å². The number of unbranched alkanes of at least 4 members (excludes halogenated alkanes) is 3. The highest BCUT2D eigenvalue weighted by molar-refractivity contribution is 9.09. The average Bonchev–Trinajstić information content (AvgIpc) is 3.51. The lowest BCUT2D eigenvalue weighted by Crippen LogP contribution is -2.53. The van der Waals surface area contributed by atoms with E-state index in [1.165, 1.54) is 24.1 Å². The predicted molar refractivity (Wildman–Crippen MR) is 323 cm³/mol. The van der Waals surface area contributed by atoms with Crippen molar-refractivity contribution in [1.82, 2.24) is 10.6 Å². The maximum atomic E-state index is 14.4. The van der Waals surface area contributed by atoms with Gasteiger partial charge in [0.2, 0.25) is 11.8 Å². The van der Waals surface area contributed by atoms with Crippen LogP contribution in [0.1, 0.15) is 128 Å². The maximum absolute atomic E-state index is 14.4. The lowest BCUT2D eigenvalue weighted by Gasteiger charge is -2.41. The van der Waals surface area contributed by atoms with Crippen molar-refractivity contribution in [2.75, 3.05) is 41.6 Å². The van der Waals surface area contributed by atoms with Crippen molar-refractivity contribution in [1.29, 1.82) is 0 Å². The number of ether oxygens (including phenoxy) is 4. The van der Waals surface area contributed by atoms with Crippen molar-refractivity contribution in [2.24, 2.45) is 29.4 Å². The number of nitrogens with two attached hydrogens (primary N) is 1. The summed E-state index contributed by atoms with van der Waals surface area (Å²) < 4.78 is 24.0. The Bertz CT molecular complexity index is 2710. The molecule has 0 saturated carbocycles. The van der Waals surface area contributed by atoms with Crippen LogP contribution >= 0.6 is 55.1 Å². The molecule has 0 aliphatic carbocycles. The van der Waals surface area contributed by atoms with Gasteiger partial charge in [-0.25, -0.2) is 9.59 Å². The number of carbonyl (C=O) groups is 8. The Hall–Kier alpha value is -4.70. The first-order chi connectivity index (χ1) is 38.7. The van der Waals surface area contributed by atoms with Crippen molar-refractivity contribution in [3.05, 3.63) is 80.9 Å². The number of primary amides is 1. The zero-order chi connectivity index (χ0) is 60.6. The molecule has 5 amide bonds. The highest BCUT2D eigenvalue weighted by Crippen LogP contribution is 2.50. The van der Waals surface area contributed by atoms with Gasteiger partial charge < -0.3 is 45.3 Å². The molecule has 3 heterocycles. The highest BCUT2D eigenvalue weighted by Gasteiger charge is 2.64. The van der Waals surface area contributed by atoms with Gasteiger partial charge in [-0.15, -0.1) is 0 Å². The van der Waals surface area contributed by atoms with Crippen molar-refractivity contribution in [2.45, 2.75) is 173 Å². The van der Waals surface area contributed by atoms with Gasteiger partial charge in [0.05, 0.1) is 46.4 Å². The van der Waals surface area contributed by atoms with Crippen LogP contribution in [0.25, 0.3) is 0 Å². The van der Waals surface area contributed by atoms with Gasteiger partial charge in [-0.05, 0) is 93.7 Å². The van der Waals surface area contributed by atoms with Crippen LogP contribution in [0.4, 0.5) is 21.0 Å². The SMILES string of the molecule is CO[C@@H]1/C=C/C=C(\C)Cc2cc(C)c(Cl)c(c2)N(C)C(=O)C[C@H](OC(=O)Nc2ccc(CC(=O)[C@H](CCCNC(N)=O)NC(=O)[C@@H](CC(=O)CCCCCCC(=O)C(CBr)CBr)C(C)C)cc2Cl)[C@]2(C)O[C@H]2[C@H](C)[C@@H]2C[C@@]1(O)CC(=O)O2. The number of carbonyl (C=O) groups excluding carboxylic acids is 8. The summed E-state index contributed by atoms with van der Waals surface area (Å²) >= 11 is 20.4. The largest absolute Gasteiger partial charge is 0.462 e. The third kappa shape index (κ3) is 19.2. The van der Waals surface area contributed by atoms with Crippen LogP contribution in [-0.2, 0) is 60.6 Å². The van der Waals surface area contributed by atoms with Crippen molar-refractivity contribution < 1.29 is 62.4 Å². The minimum absolute atomic E-state index is 0.00548.